The van der Waals surface area contributed by atoms with Crippen LogP contribution in [0.25, 0.3) is 11.1 Å². The zero-order valence-corrected chi connectivity index (χ0v) is 10.1. The first kappa shape index (κ1) is 10.2. The van der Waals surface area contributed by atoms with Gasteiger partial charge >= 0.3 is 0 Å². The molecule has 4 N–H and O–H groups in total. The molecule has 2 aromatic rings. The number of nitrogen functional groups attached to an aromatic ring is 2. The Morgan fingerprint density at radius 2 is 1.59 bits per heavy atom. The molecule has 0 fully saturated rings. The highest BCUT2D eigenvalue weighted by Gasteiger charge is 2.37. The van der Waals surface area contributed by atoms with Crippen LogP contribution in [0, 0.1) is 0 Å². The van der Waals surface area contributed by atoms with E-state index >= 15 is 0 Å². The van der Waals surface area contributed by atoms with Gasteiger partial charge in [0.05, 0.1) is 11.4 Å². The Labute approximate surface area is 101 Å². The second kappa shape index (κ2) is 3.04. The molecule has 17 heavy (non-hydrogen) atoms. The first-order valence-corrected chi connectivity index (χ1v) is 5.82. The van der Waals surface area contributed by atoms with E-state index in [1.807, 2.05) is 6.07 Å². The van der Waals surface area contributed by atoms with E-state index in [2.05, 4.69) is 44.2 Å². The van der Waals surface area contributed by atoms with Crippen LogP contribution < -0.4 is 11.5 Å². The van der Waals surface area contributed by atoms with Crippen LogP contribution >= 0.6 is 0 Å². The van der Waals surface area contributed by atoms with Gasteiger partial charge in [-0.05, 0) is 28.3 Å². The van der Waals surface area contributed by atoms with Crippen molar-refractivity contribution in [1.29, 1.82) is 0 Å². The molecule has 0 spiro atoms. The summed E-state index contributed by atoms with van der Waals surface area (Å²) in [5.74, 6) is 0. The minimum atomic E-state index is -0.0641. The zero-order chi connectivity index (χ0) is 12.2. The molecule has 2 heteroatoms. The Morgan fingerprint density at radius 3 is 2.35 bits per heavy atom. The van der Waals surface area contributed by atoms with Crippen molar-refractivity contribution in [1.82, 2.24) is 0 Å². The summed E-state index contributed by atoms with van der Waals surface area (Å²) in [6, 6.07) is 12.4. The second-order valence-corrected chi connectivity index (χ2v) is 5.16. The maximum absolute atomic E-state index is 6.16. The normalized spacial score (nSPS) is 15.4. The Morgan fingerprint density at radius 1 is 0.882 bits per heavy atom. The van der Waals surface area contributed by atoms with E-state index in [9.17, 15) is 0 Å². The molecule has 0 saturated heterocycles. The van der Waals surface area contributed by atoms with Gasteiger partial charge in [0, 0.05) is 5.41 Å². The van der Waals surface area contributed by atoms with Gasteiger partial charge in [0.2, 0.25) is 0 Å². The first-order valence-electron chi connectivity index (χ1n) is 5.82. The number of anilines is 2. The number of fused-ring (bicyclic) bond motifs is 3. The monoisotopic (exact) mass is 224 g/mol. The lowest BCUT2D eigenvalue weighted by Crippen LogP contribution is -2.17. The fourth-order valence-electron chi connectivity index (χ4n) is 2.93. The smallest absolute Gasteiger partial charge is 0.0595 e. The van der Waals surface area contributed by atoms with E-state index in [-0.39, 0.29) is 5.41 Å². The standard InChI is InChI=1S/C15H16N2/c1-15(2)11-6-4-3-5-9(11)10-7-8-12(16)14(17)13(10)15/h3-8H,16-17H2,1-2H3. The minimum absolute atomic E-state index is 0.0641. The Bertz CT molecular complexity index is 612. The van der Waals surface area contributed by atoms with Gasteiger partial charge in [-0.2, -0.15) is 0 Å². The van der Waals surface area contributed by atoms with Crippen molar-refractivity contribution in [3.8, 4) is 11.1 Å². The Hall–Kier alpha value is -1.96. The van der Waals surface area contributed by atoms with Gasteiger partial charge in [-0.1, -0.05) is 44.2 Å². The van der Waals surface area contributed by atoms with Gasteiger partial charge in [0.1, 0.15) is 0 Å². The van der Waals surface area contributed by atoms with E-state index in [0.717, 1.165) is 5.69 Å². The summed E-state index contributed by atoms with van der Waals surface area (Å²) in [5.41, 5.74) is 18.4. The van der Waals surface area contributed by atoms with Crippen LogP contribution in [0.3, 0.4) is 0 Å². The third-order valence-corrected chi connectivity index (χ3v) is 3.79. The molecule has 2 nitrogen and oxygen atoms in total. The van der Waals surface area contributed by atoms with Crippen molar-refractivity contribution < 1.29 is 0 Å². The van der Waals surface area contributed by atoms with E-state index in [1.54, 1.807) is 0 Å². The molecule has 0 aliphatic heterocycles. The number of nitrogens with two attached hydrogens (primary N) is 2. The zero-order valence-electron chi connectivity index (χ0n) is 10.1. The number of hydrogen-bond acceptors (Lipinski definition) is 2. The van der Waals surface area contributed by atoms with Crippen molar-refractivity contribution in [3.05, 3.63) is 47.5 Å². The maximum Gasteiger partial charge on any atom is 0.0595 e. The number of benzene rings is 2. The van der Waals surface area contributed by atoms with E-state index in [4.69, 9.17) is 11.5 Å². The molecule has 86 valence electrons. The molecule has 0 atom stereocenters. The van der Waals surface area contributed by atoms with Crippen LogP contribution in [0.1, 0.15) is 25.0 Å². The summed E-state index contributed by atoms with van der Waals surface area (Å²) in [6.45, 7) is 4.40. The molecule has 0 heterocycles. The lowest BCUT2D eigenvalue weighted by Gasteiger charge is -2.23. The summed E-state index contributed by atoms with van der Waals surface area (Å²) in [6.07, 6.45) is 0. The lowest BCUT2D eigenvalue weighted by molar-refractivity contribution is 0.663. The van der Waals surface area contributed by atoms with Crippen LogP contribution in [-0.4, -0.2) is 0 Å². The molecular formula is C15H16N2. The average molecular weight is 224 g/mol. The highest BCUT2D eigenvalue weighted by molar-refractivity contribution is 5.89. The highest BCUT2D eigenvalue weighted by atomic mass is 14.7. The van der Waals surface area contributed by atoms with Crippen molar-refractivity contribution in [2.45, 2.75) is 19.3 Å². The molecule has 1 aliphatic rings. The molecule has 2 aromatic carbocycles. The predicted octanol–water partition coefficient (Wildman–Crippen LogP) is 3.16. The van der Waals surface area contributed by atoms with Crippen molar-refractivity contribution in [3.63, 3.8) is 0 Å². The van der Waals surface area contributed by atoms with Crippen molar-refractivity contribution >= 4 is 11.4 Å². The van der Waals surface area contributed by atoms with Gasteiger partial charge in [-0.15, -0.1) is 0 Å². The topological polar surface area (TPSA) is 52.0 Å². The molecule has 0 radical (unpaired) electrons. The molecule has 0 aromatic heterocycles. The van der Waals surface area contributed by atoms with Gasteiger partial charge in [0.25, 0.3) is 0 Å². The quantitative estimate of drug-likeness (QED) is 0.675. The highest BCUT2D eigenvalue weighted by Crippen LogP contribution is 2.51. The van der Waals surface area contributed by atoms with Crippen molar-refractivity contribution in [2.24, 2.45) is 0 Å². The van der Waals surface area contributed by atoms with Crippen molar-refractivity contribution in [2.75, 3.05) is 11.5 Å². The number of rotatable bonds is 0. The van der Waals surface area contributed by atoms with Crippen LogP contribution in [0.2, 0.25) is 0 Å². The molecular weight excluding hydrogens is 208 g/mol. The van der Waals surface area contributed by atoms with Gasteiger partial charge in [-0.25, -0.2) is 0 Å². The summed E-state index contributed by atoms with van der Waals surface area (Å²) < 4.78 is 0. The first-order chi connectivity index (χ1) is 8.03. The fraction of sp³-hybridized carbons (Fsp3) is 0.200. The Kier molecular flexibility index (Phi) is 1.82. The summed E-state index contributed by atoms with van der Waals surface area (Å²) >= 11 is 0. The molecule has 1 aliphatic carbocycles. The average Bonchev–Trinajstić information content (AvgIpc) is 2.54. The SMILES string of the molecule is CC1(C)c2ccccc2-c2ccc(N)c(N)c21. The largest absolute Gasteiger partial charge is 0.397 e. The van der Waals surface area contributed by atoms with Gasteiger partial charge in [0.15, 0.2) is 0 Å². The molecule has 0 unspecified atom stereocenters. The van der Waals surface area contributed by atoms with Crippen LogP contribution in [0.5, 0.6) is 0 Å². The van der Waals surface area contributed by atoms with Crippen LogP contribution in [0.15, 0.2) is 36.4 Å². The third-order valence-electron chi connectivity index (χ3n) is 3.79. The second-order valence-electron chi connectivity index (χ2n) is 5.16. The van der Waals surface area contributed by atoms with E-state index in [0.29, 0.717) is 5.69 Å². The summed E-state index contributed by atoms with van der Waals surface area (Å²) in [5, 5.41) is 0. The van der Waals surface area contributed by atoms with E-state index in [1.165, 1.54) is 22.3 Å². The predicted molar refractivity (Wildman–Crippen MR) is 72.8 cm³/mol. The Balaban J connectivity index is 2.44. The lowest BCUT2D eigenvalue weighted by atomic mass is 9.81. The van der Waals surface area contributed by atoms with Gasteiger partial charge in [-0.3, -0.25) is 0 Å². The van der Waals surface area contributed by atoms with Gasteiger partial charge < -0.3 is 11.5 Å². The molecule has 0 bridgehead atoms. The molecule has 0 amide bonds. The third kappa shape index (κ3) is 1.15. The van der Waals surface area contributed by atoms with Crippen LogP contribution in [-0.2, 0) is 5.41 Å². The van der Waals surface area contributed by atoms with E-state index < -0.39 is 0 Å². The minimum Gasteiger partial charge on any atom is -0.397 e. The summed E-state index contributed by atoms with van der Waals surface area (Å²) in [4.78, 5) is 0. The fourth-order valence-corrected chi connectivity index (χ4v) is 2.93. The number of hydrogen-bond donors (Lipinski definition) is 2. The van der Waals surface area contributed by atoms with Crippen LogP contribution in [0.4, 0.5) is 11.4 Å². The molecule has 3 rings (SSSR count). The summed E-state index contributed by atoms with van der Waals surface area (Å²) in [7, 11) is 0. The maximum atomic E-state index is 6.16. The molecule has 0 saturated carbocycles.